The van der Waals surface area contributed by atoms with Crippen LogP contribution in [-0.2, 0) is 6.42 Å². The molecule has 1 unspecified atom stereocenters. The molecular formula is C19H28O2. The van der Waals surface area contributed by atoms with Crippen LogP contribution < -0.4 is 4.74 Å². The molecular weight excluding hydrogens is 260 g/mol. The monoisotopic (exact) mass is 288 g/mol. The maximum Gasteiger partial charge on any atom is 0.127 e. The van der Waals surface area contributed by atoms with Crippen molar-refractivity contribution in [2.24, 2.45) is 11.8 Å². The second kappa shape index (κ2) is 5.23. The molecule has 1 aliphatic carbocycles. The first-order valence-electron chi connectivity index (χ1n) is 8.48. The van der Waals surface area contributed by atoms with Crippen molar-refractivity contribution in [3.63, 3.8) is 0 Å². The molecule has 1 heterocycles. The summed E-state index contributed by atoms with van der Waals surface area (Å²) in [5, 5.41) is 10.6. The lowest BCUT2D eigenvalue weighted by Crippen LogP contribution is -2.45. The number of hydrogen-bond donors (Lipinski definition) is 1. The van der Waals surface area contributed by atoms with Crippen molar-refractivity contribution < 1.29 is 9.84 Å². The van der Waals surface area contributed by atoms with Crippen LogP contribution in [0.3, 0.4) is 0 Å². The first-order chi connectivity index (χ1) is 9.93. The molecule has 0 amide bonds. The van der Waals surface area contributed by atoms with Gasteiger partial charge in [-0.25, -0.2) is 0 Å². The second-order valence-corrected chi connectivity index (χ2v) is 7.59. The number of phenols is 1. The van der Waals surface area contributed by atoms with Crippen molar-refractivity contribution in [2.75, 3.05) is 0 Å². The molecule has 0 radical (unpaired) electrons. The molecule has 2 nitrogen and oxygen atoms in total. The number of aryl methyl sites for hydroxylation is 1. The van der Waals surface area contributed by atoms with Gasteiger partial charge in [0, 0.05) is 5.56 Å². The Hall–Kier alpha value is -1.18. The van der Waals surface area contributed by atoms with E-state index in [1.807, 2.05) is 6.07 Å². The Morgan fingerprint density at radius 2 is 2.14 bits per heavy atom. The van der Waals surface area contributed by atoms with Gasteiger partial charge in [-0.2, -0.15) is 0 Å². The van der Waals surface area contributed by atoms with E-state index < -0.39 is 0 Å². The normalized spacial score (nSPS) is 30.9. The highest BCUT2D eigenvalue weighted by Gasteiger charge is 2.46. The summed E-state index contributed by atoms with van der Waals surface area (Å²) in [4.78, 5) is 0. The molecule has 1 fully saturated rings. The van der Waals surface area contributed by atoms with Gasteiger partial charge < -0.3 is 9.84 Å². The number of ether oxygens (including phenoxy) is 1. The van der Waals surface area contributed by atoms with Crippen LogP contribution >= 0.6 is 0 Å². The van der Waals surface area contributed by atoms with Crippen LogP contribution in [-0.4, -0.2) is 10.7 Å². The van der Waals surface area contributed by atoms with Crippen molar-refractivity contribution in [1.82, 2.24) is 0 Å². The largest absolute Gasteiger partial charge is 0.508 e. The van der Waals surface area contributed by atoms with E-state index >= 15 is 0 Å². The maximum atomic E-state index is 10.6. The summed E-state index contributed by atoms with van der Waals surface area (Å²) in [5.74, 6) is 3.16. The van der Waals surface area contributed by atoms with Gasteiger partial charge in [0.05, 0.1) is 0 Å². The fraction of sp³-hybridized carbons (Fsp3) is 0.684. The molecule has 1 aromatic carbocycles. The summed E-state index contributed by atoms with van der Waals surface area (Å²) in [6.07, 6.45) is 5.47. The minimum absolute atomic E-state index is 0.0413. The molecule has 2 bridgehead atoms. The Labute approximate surface area is 128 Å². The molecule has 0 aromatic heterocycles. The quantitative estimate of drug-likeness (QED) is 0.844. The molecule has 0 spiro atoms. The predicted molar refractivity (Wildman–Crippen MR) is 86.1 cm³/mol. The van der Waals surface area contributed by atoms with Gasteiger partial charge in [-0.3, -0.25) is 0 Å². The van der Waals surface area contributed by atoms with Crippen LogP contribution in [0.25, 0.3) is 0 Å². The van der Waals surface area contributed by atoms with Gasteiger partial charge in [0.2, 0.25) is 0 Å². The highest BCUT2D eigenvalue weighted by atomic mass is 16.5. The lowest BCUT2D eigenvalue weighted by molar-refractivity contribution is -0.00865. The Bertz CT molecular complexity index is 535. The number of phenolic OH excluding ortho intramolecular Hbond substituents is 1. The first-order valence-corrected chi connectivity index (χ1v) is 8.48. The Balaban J connectivity index is 2.07. The zero-order valence-corrected chi connectivity index (χ0v) is 13.8. The van der Waals surface area contributed by atoms with Crippen LogP contribution in [0, 0.1) is 11.8 Å². The number of rotatable bonds is 3. The van der Waals surface area contributed by atoms with E-state index in [0.29, 0.717) is 23.5 Å². The van der Waals surface area contributed by atoms with Gasteiger partial charge in [0.25, 0.3) is 0 Å². The molecule has 1 saturated carbocycles. The number of hydrogen-bond acceptors (Lipinski definition) is 2. The second-order valence-electron chi connectivity index (χ2n) is 7.59. The van der Waals surface area contributed by atoms with E-state index in [4.69, 9.17) is 4.74 Å². The summed E-state index contributed by atoms with van der Waals surface area (Å²) in [7, 11) is 0. The predicted octanol–water partition coefficient (Wildman–Crippen LogP) is 5.04. The minimum Gasteiger partial charge on any atom is -0.508 e. The Morgan fingerprint density at radius 3 is 2.81 bits per heavy atom. The molecule has 0 saturated heterocycles. The Kier molecular flexibility index (Phi) is 3.67. The van der Waals surface area contributed by atoms with E-state index in [1.165, 1.54) is 12.0 Å². The third kappa shape index (κ3) is 2.54. The summed E-state index contributed by atoms with van der Waals surface area (Å²) >= 11 is 0. The molecule has 1 N–H and O–H groups in total. The lowest BCUT2D eigenvalue weighted by Gasteiger charge is -2.49. The molecule has 3 rings (SSSR count). The molecule has 1 aromatic rings. The third-order valence-electron chi connectivity index (χ3n) is 5.48. The molecule has 3 atom stereocenters. The van der Waals surface area contributed by atoms with E-state index in [2.05, 4.69) is 33.8 Å². The van der Waals surface area contributed by atoms with Crippen LogP contribution in [0.15, 0.2) is 12.1 Å². The van der Waals surface area contributed by atoms with E-state index in [1.54, 1.807) is 0 Å². The van der Waals surface area contributed by atoms with E-state index in [9.17, 15) is 5.11 Å². The average molecular weight is 288 g/mol. The van der Waals surface area contributed by atoms with Gasteiger partial charge in [-0.05, 0) is 68.1 Å². The summed E-state index contributed by atoms with van der Waals surface area (Å²) in [6, 6.07) is 4.13. The smallest absolute Gasteiger partial charge is 0.127 e. The molecule has 116 valence electrons. The van der Waals surface area contributed by atoms with Gasteiger partial charge in [0.1, 0.15) is 17.1 Å². The topological polar surface area (TPSA) is 29.5 Å². The van der Waals surface area contributed by atoms with E-state index in [-0.39, 0.29) is 5.60 Å². The van der Waals surface area contributed by atoms with Crippen molar-refractivity contribution in [1.29, 1.82) is 0 Å². The van der Waals surface area contributed by atoms with Crippen molar-refractivity contribution in [3.8, 4) is 11.5 Å². The van der Waals surface area contributed by atoms with Gasteiger partial charge in [-0.1, -0.05) is 27.2 Å². The van der Waals surface area contributed by atoms with Crippen molar-refractivity contribution >= 4 is 0 Å². The van der Waals surface area contributed by atoms with Crippen LogP contribution in [0.5, 0.6) is 11.5 Å². The molecule has 2 heteroatoms. The van der Waals surface area contributed by atoms with Gasteiger partial charge in [-0.15, -0.1) is 0 Å². The standard InChI is InChI=1S/C19H28O2/c1-5-6-13-9-16(20)18-15-11-19(4,21-17(18)10-13)8-7-14(15)12(2)3/h9-10,12,14-15,20H,5-8,11H2,1-4H3/t14-,15?,19+/m0/s1. The van der Waals surface area contributed by atoms with Crippen molar-refractivity contribution in [3.05, 3.63) is 23.3 Å². The van der Waals surface area contributed by atoms with Crippen LogP contribution in [0.4, 0.5) is 0 Å². The van der Waals surface area contributed by atoms with Gasteiger partial charge >= 0.3 is 0 Å². The number of aromatic hydroxyl groups is 1. The third-order valence-corrected chi connectivity index (χ3v) is 5.48. The zero-order chi connectivity index (χ0) is 15.2. The van der Waals surface area contributed by atoms with Crippen LogP contribution in [0.2, 0.25) is 0 Å². The van der Waals surface area contributed by atoms with Crippen LogP contribution in [0.1, 0.15) is 70.4 Å². The summed E-state index contributed by atoms with van der Waals surface area (Å²) in [5.41, 5.74) is 2.23. The van der Waals surface area contributed by atoms with Gasteiger partial charge in [0.15, 0.2) is 0 Å². The summed E-state index contributed by atoms with van der Waals surface area (Å²) < 4.78 is 6.33. The fourth-order valence-electron chi connectivity index (χ4n) is 4.42. The first kappa shape index (κ1) is 14.7. The maximum absolute atomic E-state index is 10.6. The molecule has 1 aliphatic heterocycles. The number of benzene rings is 1. The average Bonchev–Trinajstić information content (AvgIpc) is 2.37. The minimum atomic E-state index is -0.0413. The lowest BCUT2D eigenvalue weighted by atomic mass is 9.64. The van der Waals surface area contributed by atoms with E-state index in [0.717, 1.165) is 37.0 Å². The molecule has 2 aliphatic rings. The highest BCUT2D eigenvalue weighted by molar-refractivity contribution is 5.52. The number of fused-ring (bicyclic) bond motifs is 4. The SMILES string of the molecule is CCCc1cc(O)c2c(c1)O[C@]1(C)CC[C@@H](C(C)C)C2C1. The zero-order valence-electron chi connectivity index (χ0n) is 13.8. The fourth-order valence-corrected chi connectivity index (χ4v) is 4.42. The highest BCUT2D eigenvalue weighted by Crippen LogP contribution is 2.55. The van der Waals surface area contributed by atoms with Crippen molar-refractivity contribution in [2.45, 2.75) is 71.3 Å². The summed E-state index contributed by atoms with van der Waals surface area (Å²) in [6.45, 7) is 9.03. The Morgan fingerprint density at radius 1 is 1.38 bits per heavy atom. The molecule has 21 heavy (non-hydrogen) atoms.